The third-order valence-electron chi connectivity index (χ3n) is 2.50. The highest BCUT2D eigenvalue weighted by Crippen LogP contribution is 2.50. The lowest BCUT2D eigenvalue weighted by molar-refractivity contribution is 0.296. The predicted octanol–water partition coefficient (Wildman–Crippen LogP) is 1.02. The summed E-state index contributed by atoms with van der Waals surface area (Å²) in [5, 5.41) is 20.1. The lowest BCUT2D eigenvalue weighted by Crippen LogP contribution is -2.19. The maximum atomic E-state index is 8.61. The van der Waals surface area contributed by atoms with Gasteiger partial charge in [0.25, 0.3) is 0 Å². The number of aliphatic hydroxyl groups is 1. The van der Waals surface area contributed by atoms with Gasteiger partial charge in [0.15, 0.2) is 0 Å². The zero-order valence-electron chi connectivity index (χ0n) is 8.28. The molecule has 1 rings (SSSR count). The van der Waals surface area contributed by atoms with Crippen LogP contribution in [0.3, 0.4) is 0 Å². The lowest BCUT2D eigenvalue weighted by Gasteiger charge is -2.12. The largest absolute Gasteiger partial charge is 0.409 e. The van der Waals surface area contributed by atoms with E-state index in [9.17, 15) is 0 Å². The first-order valence-electron chi connectivity index (χ1n) is 4.87. The van der Waals surface area contributed by atoms with E-state index in [0.717, 1.165) is 17.9 Å². The van der Waals surface area contributed by atoms with Crippen molar-refractivity contribution in [3.8, 4) is 0 Å². The van der Waals surface area contributed by atoms with Gasteiger partial charge in [0, 0.05) is 13.0 Å². The summed E-state index contributed by atoms with van der Waals surface area (Å²) in [6, 6.07) is 0. The molecule has 1 saturated carbocycles. The molecule has 0 spiro atoms. The molecule has 1 aliphatic rings. The Kier molecular flexibility index (Phi) is 4.54. The molecule has 0 aromatic rings. The fourth-order valence-corrected chi connectivity index (χ4v) is 2.73. The molecule has 0 aromatic carbocycles. The first-order chi connectivity index (χ1) is 6.72. The van der Waals surface area contributed by atoms with E-state index in [0.29, 0.717) is 12.3 Å². The summed E-state index contributed by atoms with van der Waals surface area (Å²) in [6.07, 6.45) is 3.91. The highest BCUT2D eigenvalue weighted by Gasteiger charge is 2.42. The van der Waals surface area contributed by atoms with E-state index in [4.69, 9.17) is 16.0 Å². The van der Waals surface area contributed by atoms with Crippen molar-refractivity contribution in [2.24, 2.45) is 16.3 Å². The van der Waals surface area contributed by atoms with Crippen LogP contribution in [-0.2, 0) is 0 Å². The van der Waals surface area contributed by atoms with Crippen LogP contribution in [-0.4, -0.2) is 34.3 Å². The molecule has 1 fully saturated rings. The fraction of sp³-hybridized carbons (Fsp3) is 0.889. The molecule has 14 heavy (non-hydrogen) atoms. The Hall–Kier alpha value is -0.420. The van der Waals surface area contributed by atoms with Gasteiger partial charge >= 0.3 is 0 Å². The Labute approximate surface area is 88.6 Å². The maximum absolute atomic E-state index is 8.61. The third kappa shape index (κ3) is 3.75. The van der Waals surface area contributed by atoms with Crippen molar-refractivity contribution in [3.63, 3.8) is 0 Å². The predicted molar refractivity (Wildman–Crippen MR) is 58.7 cm³/mol. The molecule has 0 aromatic heterocycles. The van der Waals surface area contributed by atoms with Crippen LogP contribution in [0, 0.1) is 5.41 Å². The SMILES string of the molecule is NC(CC1(CSCCCO)CC1)=NO. The average molecular weight is 218 g/mol. The zero-order chi connectivity index (χ0) is 10.4. The number of nitrogens with two attached hydrogens (primary N) is 1. The molecule has 0 bridgehead atoms. The van der Waals surface area contributed by atoms with Gasteiger partial charge in [0.2, 0.25) is 0 Å². The number of oxime groups is 1. The zero-order valence-corrected chi connectivity index (χ0v) is 9.09. The van der Waals surface area contributed by atoms with Gasteiger partial charge in [-0.3, -0.25) is 0 Å². The minimum Gasteiger partial charge on any atom is -0.409 e. The van der Waals surface area contributed by atoms with Crippen LogP contribution in [0.15, 0.2) is 5.16 Å². The van der Waals surface area contributed by atoms with Crippen molar-refractivity contribution in [3.05, 3.63) is 0 Å². The fourth-order valence-electron chi connectivity index (χ4n) is 1.42. The molecular weight excluding hydrogens is 200 g/mol. The summed E-state index contributed by atoms with van der Waals surface area (Å²) in [6.45, 7) is 0.264. The van der Waals surface area contributed by atoms with E-state index in [1.54, 1.807) is 0 Å². The van der Waals surface area contributed by atoms with Crippen molar-refractivity contribution in [1.29, 1.82) is 0 Å². The van der Waals surface area contributed by atoms with Gasteiger partial charge in [-0.25, -0.2) is 0 Å². The van der Waals surface area contributed by atoms with Crippen molar-refractivity contribution < 1.29 is 10.3 Å². The van der Waals surface area contributed by atoms with Crippen molar-refractivity contribution in [2.45, 2.75) is 25.7 Å². The van der Waals surface area contributed by atoms with E-state index in [2.05, 4.69) is 5.16 Å². The number of nitrogens with zero attached hydrogens (tertiary/aromatic N) is 1. The molecule has 82 valence electrons. The smallest absolute Gasteiger partial charge is 0.139 e. The first kappa shape index (κ1) is 11.7. The molecule has 0 radical (unpaired) electrons. The molecule has 0 unspecified atom stereocenters. The summed E-state index contributed by atoms with van der Waals surface area (Å²) >= 11 is 1.85. The molecule has 0 heterocycles. The second-order valence-corrected chi connectivity index (χ2v) is 5.00. The Morgan fingerprint density at radius 3 is 2.71 bits per heavy atom. The Morgan fingerprint density at radius 1 is 1.50 bits per heavy atom. The monoisotopic (exact) mass is 218 g/mol. The summed E-state index contributed by atoms with van der Waals surface area (Å²) in [4.78, 5) is 0. The van der Waals surface area contributed by atoms with E-state index >= 15 is 0 Å². The van der Waals surface area contributed by atoms with Crippen LogP contribution >= 0.6 is 11.8 Å². The van der Waals surface area contributed by atoms with E-state index in [1.807, 2.05) is 11.8 Å². The minimum atomic E-state index is 0.264. The highest BCUT2D eigenvalue weighted by atomic mass is 32.2. The molecule has 0 atom stereocenters. The molecule has 0 aliphatic heterocycles. The number of thioether (sulfide) groups is 1. The third-order valence-corrected chi connectivity index (χ3v) is 3.89. The number of rotatable bonds is 7. The van der Waals surface area contributed by atoms with Crippen LogP contribution in [0.2, 0.25) is 0 Å². The van der Waals surface area contributed by atoms with Crippen LogP contribution in [0.1, 0.15) is 25.7 Å². The van der Waals surface area contributed by atoms with Gasteiger partial charge < -0.3 is 16.0 Å². The molecule has 0 amide bonds. The van der Waals surface area contributed by atoms with E-state index in [-0.39, 0.29) is 12.0 Å². The van der Waals surface area contributed by atoms with Crippen molar-refractivity contribution in [2.75, 3.05) is 18.1 Å². The normalized spacial score (nSPS) is 19.6. The van der Waals surface area contributed by atoms with Gasteiger partial charge in [-0.1, -0.05) is 5.16 Å². The first-order valence-corrected chi connectivity index (χ1v) is 6.03. The second kappa shape index (κ2) is 5.46. The van der Waals surface area contributed by atoms with E-state index in [1.165, 1.54) is 12.8 Å². The molecule has 1 aliphatic carbocycles. The Balaban J connectivity index is 2.16. The van der Waals surface area contributed by atoms with Crippen LogP contribution in [0.5, 0.6) is 0 Å². The van der Waals surface area contributed by atoms with Gasteiger partial charge in [0.05, 0.1) is 0 Å². The molecule has 4 N–H and O–H groups in total. The van der Waals surface area contributed by atoms with Gasteiger partial charge in [0.1, 0.15) is 5.84 Å². The second-order valence-electron chi connectivity index (χ2n) is 3.90. The summed E-state index contributed by atoms with van der Waals surface area (Å²) in [7, 11) is 0. The number of amidine groups is 1. The standard InChI is InChI=1S/C9H18N2O2S/c10-8(11-13)6-9(2-3-9)7-14-5-1-4-12/h12-13H,1-7H2,(H2,10,11). The number of hydrogen-bond acceptors (Lipinski definition) is 4. The van der Waals surface area contributed by atoms with Crippen molar-refractivity contribution >= 4 is 17.6 Å². The molecular formula is C9H18N2O2S. The van der Waals surface area contributed by atoms with Crippen LogP contribution < -0.4 is 5.73 Å². The Morgan fingerprint density at radius 2 is 2.21 bits per heavy atom. The number of aliphatic hydroxyl groups excluding tert-OH is 1. The van der Waals surface area contributed by atoms with Gasteiger partial charge in [-0.05, 0) is 36.2 Å². The maximum Gasteiger partial charge on any atom is 0.139 e. The minimum absolute atomic E-state index is 0.264. The summed E-state index contributed by atoms with van der Waals surface area (Å²) in [5.74, 6) is 2.39. The van der Waals surface area contributed by atoms with E-state index < -0.39 is 0 Å². The topological polar surface area (TPSA) is 78.8 Å². The Bertz CT molecular complexity index is 205. The number of hydrogen-bond donors (Lipinski definition) is 3. The van der Waals surface area contributed by atoms with Crippen LogP contribution in [0.25, 0.3) is 0 Å². The lowest BCUT2D eigenvalue weighted by atomic mass is 10.1. The quantitative estimate of drug-likeness (QED) is 0.196. The molecule has 4 nitrogen and oxygen atoms in total. The van der Waals surface area contributed by atoms with Crippen molar-refractivity contribution in [1.82, 2.24) is 0 Å². The molecule has 0 saturated heterocycles. The summed E-state index contributed by atoms with van der Waals surface area (Å²) in [5.41, 5.74) is 5.77. The summed E-state index contributed by atoms with van der Waals surface area (Å²) < 4.78 is 0. The molecule has 5 heteroatoms. The van der Waals surface area contributed by atoms with Crippen LogP contribution in [0.4, 0.5) is 0 Å². The van der Waals surface area contributed by atoms with Gasteiger partial charge in [-0.2, -0.15) is 11.8 Å². The van der Waals surface area contributed by atoms with Gasteiger partial charge in [-0.15, -0.1) is 0 Å². The highest BCUT2D eigenvalue weighted by molar-refractivity contribution is 7.99. The average Bonchev–Trinajstić information content (AvgIpc) is 2.93.